The molecule has 3 aromatic heterocycles. The minimum atomic E-state index is -0.243. The fourth-order valence-electron chi connectivity index (χ4n) is 2.43. The van der Waals surface area contributed by atoms with Gasteiger partial charge in [0, 0.05) is 24.9 Å². The number of aromatic nitrogens is 3. The summed E-state index contributed by atoms with van der Waals surface area (Å²) in [5.74, 6) is 0.895. The number of rotatable bonds is 4. The highest BCUT2D eigenvalue weighted by Gasteiger charge is 2.21. The Hall–Kier alpha value is -3.19. The third kappa shape index (κ3) is 3.09. The molecule has 0 aliphatic carbocycles. The van der Waals surface area contributed by atoms with E-state index in [4.69, 9.17) is 4.42 Å². The SMILES string of the molecule is Cn1ccc(NC(=O)c2sc(-c3ccco3)nc2-c2ccccc2)n1. The smallest absolute Gasteiger partial charge is 0.269 e. The van der Waals surface area contributed by atoms with Gasteiger partial charge in [-0.2, -0.15) is 5.10 Å². The van der Waals surface area contributed by atoms with Gasteiger partial charge in [0.1, 0.15) is 4.88 Å². The van der Waals surface area contributed by atoms with Crippen LogP contribution in [0.3, 0.4) is 0 Å². The molecule has 124 valence electrons. The molecule has 0 radical (unpaired) electrons. The van der Waals surface area contributed by atoms with E-state index in [0.717, 1.165) is 5.56 Å². The molecule has 7 heteroatoms. The Morgan fingerprint density at radius 2 is 2.00 bits per heavy atom. The molecule has 0 unspecified atom stereocenters. The van der Waals surface area contributed by atoms with Crippen LogP contribution in [-0.4, -0.2) is 20.7 Å². The van der Waals surface area contributed by atoms with E-state index in [2.05, 4.69) is 15.4 Å². The van der Waals surface area contributed by atoms with Crippen LogP contribution < -0.4 is 5.32 Å². The standard InChI is InChI=1S/C18H14N4O2S/c1-22-10-9-14(21-22)19-17(23)16-15(12-6-3-2-4-7-12)20-18(25-16)13-8-5-11-24-13/h2-11H,1H3,(H,19,21,23). The van der Waals surface area contributed by atoms with Crippen LogP contribution in [0.4, 0.5) is 5.82 Å². The van der Waals surface area contributed by atoms with Gasteiger partial charge in [0.25, 0.3) is 5.91 Å². The summed E-state index contributed by atoms with van der Waals surface area (Å²) in [4.78, 5) is 17.9. The highest BCUT2D eigenvalue weighted by molar-refractivity contribution is 7.17. The van der Waals surface area contributed by atoms with Gasteiger partial charge in [-0.05, 0) is 12.1 Å². The number of aryl methyl sites for hydroxylation is 1. The van der Waals surface area contributed by atoms with Gasteiger partial charge in [-0.3, -0.25) is 9.48 Å². The summed E-state index contributed by atoms with van der Waals surface area (Å²) >= 11 is 1.29. The van der Waals surface area contributed by atoms with E-state index in [-0.39, 0.29) is 5.91 Å². The van der Waals surface area contributed by atoms with Crippen LogP contribution >= 0.6 is 11.3 Å². The number of carbonyl (C=O) groups is 1. The number of anilines is 1. The van der Waals surface area contributed by atoms with Gasteiger partial charge in [-0.15, -0.1) is 11.3 Å². The Bertz CT molecular complexity index is 1000. The molecule has 1 aromatic carbocycles. The quantitative estimate of drug-likeness (QED) is 0.602. The van der Waals surface area contributed by atoms with Crippen molar-refractivity contribution in [1.29, 1.82) is 0 Å². The fourth-order valence-corrected chi connectivity index (χ4v) is 3.38. The molecule has 3 heterocycles. The Labute approximate surface area is 147 Å². The zero-order chi connectivity index (χ0) is 17.2. The minimum Gasteiger partial charge on any atom is -0.462 e. The highest BCUT2D eigenvalue weighted by Crippen LogP contribution is 2.34. The van der Waals surface area contributed by atoms with Gasteiger partial charge >= 0.3 is 0 Å². The van der Waals surface area contributed by atoms with Crippen LogP contribution in [0.2, 0.25) is 0 Å². The second kappa shape index (κ2) is 6.37. The van der Waals surface area contributed by atoms with Gasteiger partial charge in [0.2, 0.25) is 0 Å². The molecule has 0 saturated carbocycles. The predicted octanol–water partition coefficient (Wildman–Crippen LogP) is 4.06. The minimum absolute atomic E-state index is 0.243. The second-order valence-corrected chi connectivity index (χ2v) is 6.37. The van der Waals surface area contributed by atoms with Crippen molar-refractivity contribution < 1.29 is 9.21 Å². The van der Waals surface area contributed by atoms with Crippen molar-refractivity contribution in [2.75, 3.05) is 5.32 Å². The number of hydrogen-bond acceptors (Lipinski definition) is 5. The van der Waals surface area contributed by atoms with Crippen LogP contribution in [0, 0.1) is 0 Å². The second-order valence-electron chi connectivity index (χ2n) is 5.37. The number of nitrogens with zero attached hydrogens (tertiary/aromatic N) is 3. The molecule has 0 aliphatic rings. The average molecular weight is 350 g/mol. The Kier molecular flexibility index (Phi) is 3.91. The number of benzene rings is 1. The lowest BCUT2D eigenvalue weighted by molar-refractivity contribution is 0.103. The molecule has 0 fully saturated rings. The fraction of sp³-hybridized carbons (Fsp3) is 0.0556. The summed E-state index contributed by atoms with van der Waals surface area (Å²) < 4.78 is 7.06. The Balaban J connectivity index is 1.75. The van der Waals surface area contributed by atoms with E-state index in [1.54, 1.807) is 36.3 Å². The van der Waals surface area contributed by atoms with Crippen LogP contribution in [0.15, 0.2) is 65.4 Å². The van der Waals surface area contributed by atoms with E-state index in [0.29, 0.717) is 27.2 Å². The maximum Gasteiger partial charge on any atom is 0.269 e. The summed E-state index contributed by atoms with van der Waals surface area (Å²) in [6, 6.07) is 15.0. The average Bonchev–Trinajstić information content (AvgIpc) is 3.35. The van der Waals surface area contributed by atoms with Crippen molar-refractivity contribution in [3.63, 3.8) is 0 Å². The van der Waals surface area contributed by atoms with Crippen LogP contribution in [0.5, 0.6) is 0 Å². The van der Waals surface area contributed by atoms with Gasteiger partial charge in [0.15, 0.2) is 16.6 Å². The highest BCUT2D eigenvalue weighted by atomic mass is 32.1. The van der Waals surface area contributed by atoms with Crippen LogP contribution in [0.1, 0.15) is 9.67 Å². The molecule has 4 aromatic rings. The Morgan fingerprint density at radius 3 is 2.68 bits per heavy atom. The number of carbonyl (C=O) groups excluding carboxylic acids is 1. The number of thiazole rings is 1. The molecule has 1 N–H and O–H groups in total. The molecule has 0 bridgehead atoms. The first kappa shape index (κ1) is 15.3. The molecule has 25 heavy (non-hydrogen) atoms. The topological polar surface area (TPSA) is 73.0 Å². The van der Waals surface area contributed by atoms with E-state index in [1.807, 2.05) is 36.4 Å². The van der Waals surface area contributed by atoms with E-state index in [1.165, 1.54) is 11.3 Å². The maximum atomic E-state index is 12.8. The number of nitrogens with one attached hydrogen (secondary N) is 1. The first-order valence-electron chi connectivity index (χ1n) is 7.62. The summed E-state index contributed by atoms with van der Waals surface area (Å²) in [6.07, 6.45) is 3.36. The molecule has 6 nitrogen and oxygen atoms in total. The molecular formula is C18H14N4O2S. The molecule has 0 spiro atoms. The predicted molar refractivity (Wildman–Crippen MR) is 96.4 cm³/mol. The van der Waals surface area contributed by atoms with E-state index < -0.39 is 0 Å². The third-order valence-corrected chi connectivity index (χ3v) is 4.64. The monoisotopic (exact) mass is 350 g/mol. The lowest BCUT2D eigenvalue weighted by Crippen LogP contribution is -2.12. The van der Waals surface area contributed by atoms with Crippen molar-refractivity contribution in [3.8, 4) is 22.0 Å². The van der Waals surface area contributed by atoms with Gasteiger partial charge in [-0.1, -0.05) is 30.3 Å². The van der Waals surface area contributed by atoms with E-state index in [9.17, 15) is 4.79 Å². The zero-order valence-electron chi connectivity index (χ0n) is 13.3. The van der Waals surface area contributed by atoms with Crippen molar-refractivity contribution in [2.24, 2.45) is 7.05 Å². The molecular weight excluding hydrogens is 336 g/mol. The first-order chi connectivity index (χ1) is 12.2. The molecule has 0 aliphatic heterocycles. The summed E-state index contributed by atoms with van der Waals surface area (Å²) in [7, 11) is 1.80. The normalized spacial score (nSPS) is 10.8. The largest absolute Gasteiger partial charge is 0.462 e. The number of amides is 1. The van der Waals surface area contributed by atoms with Crippen molar-refractivity contribution >= 4 is 23.1 Å². The zero-order valence-corrected chi connectivity index (χ0v) is 14.2. The third-order valence-electron chi connectivity index (χ3n) is 3.57. The lowest BCUT2D eigenvalue weighted by atomic mass is 10.1. The van der Waals surface area contributed by atoms with Crippen LogP contribution in [-0.2, 0) is 7.05 Å². The molecule has 0 saturated heterocycles. The van der Waals surface area contributed by atoms with Crippen molar-refractivity contribution in [1.82, 2.24) is 14.8 Å². The van der Waals surface area contributed by atoms with Crippen molar-refractivity contribution in [3.05, 3.63) is 65.9 Å². The molecule has 0 atom stereocenters. The summed E-state index contributed by atoms with van der Waals surface area (Å²) in [5, 5.41) is 7.66. The van der Waals surface area contributed by atoms with Gasteiger partial charge < -0.3 is 9.73 Å². The van der Waals surface area contributed by atoms with Gasteiger partial charge in [0.05, 0.1) is 12.0 Å². The molecule has 4 rings (SSSR count). The summed E-state index contributed by atoms with van der Waals surface area (Å²) in [5.41, 5.74) is 1.51. The van der Waals surface area contributed by atoms with Crippen molar-refractivity contribution in [2.45, 2.75) is 0 Å². The van der Waals surface area contributed by atoms with Crippen LogP contribution in [0.25, 0.3) is 22.0 Å². The lowest BCUT2D eigenvalue weighted by Gasteiger charge is -2.02. The first-order valence-corrected chi connectivity index (χ1v) is 8.43. The van der Waals surface area contributed by atoms with E-state index >= 15 is 0 Å². The maximum absolute atomic E-state index is 12.8. The Morgan fingerprint density at radius 1 is 1.16 bits per heavy atom. The number of furan rings is 1. The summed E-state index contributed by atoms with van der Waals surface area (Å²) in [6.45, 7) is 0. The molecule has 1 amide bonds. The van der Waals surface area contributed by atoms with Gasteiger partial charge in [-0.25, -0.2) is 4.98 Å². The number of hydrogen-bond donors (Lipinski definition) is 1.